The zero-order chi connectivity index (χ0) is 18.8. The highest BCUT2D eigenvalue weighted by Crippen LogP contribution is 2.35. The van der Waals surface area contributed by atoms with Crippen LogP contribution in [-0.2, 0) is 0 Å². The highest BCUT2D eigenvalue weighted by molar-refractivity contribution is 6.43. The summed E-state index contributed by atoms with van der Waals surface area (Å²) in [5, 5.41) is 1.14. The summed E-state index contributed by atoms with van der Waals surface area (Å²) >= 11 is 12.6. The molecule has 0 bridgehead atoms. The van der Waals surface area contributed by atoms with E-state index >= 15 is 0 Å². The number of pyridine rings is 1. The van der Waals surface area contributed by atoms with Crippen LogP contribution >= 0.6 is 23.2 Å². The van der Waals surface area contributed by atoms with Gasteiger partial charge in [-0.2, -0.15) is 0 Å². The maximum atomic E-state index is 6.41. The van der Waals surface area contributed by atoms with Gasteiger partial charge in [-0.3, -0.25) is 4.98 Å². The third kappa shape index (κ3) is 3.96. The number of halogens is 2. The predicted molar refractivity (Wildman–Crippen MR) is 115 cm³/mol. The largest absolute Gasteiger partial charge is 0.369 e. The normalized spacial score (nSPS) is 15.1. The van der Waals surface area contributed by atoms with Gasteiger partial charge in [0.05, 0.1) is 15.7 Å². The summed E-state index contributed by atoms with van der Waals surface area (Å²) in [6.07, 6.45) is 1.89. The molecule has 0 amide bonds. The van der Waals surface area contributed by atoms with Gasteiger partial charge in [-0.1, -0.05) is 53.5 Å². The number of rotatable bonds is 3. The van der Waals surface area contributed by atoms with Crippen molar-refractivity contribution in [3.8, 4) is 22.4 Å². The molecule has 0 radical (unpaired) electrons. The molecule has 1 aliphatic heterocycles. The number of piperazine rings is 1. The molecule has 138 valence electrons. The maximum Gasteiger partial charge on any atom is 0.0722 e. The number of nitrogens with zero attached hydrogens (tertiary/aromatic N) is 3. The topological polar surface area (TPSA) is 19.4 Å². The minimum Gasteiger partial charge on any atom is -0.369 e. The van der Waals surface area contributed by atoms with Crippen LogP contribution in [0.25, 0.3) is 22.4 Å². The molecule has 2 heterocycles. The van der Waals surface area contributed by atoms with Crippen LogP contribution < -0.4 is 4.90 Å². The van der Waals surface area contributed by atoms with E-state index in [4.69, 9.17) is 23.2 Å². The Morgan fingerprint density at radius 2 is 1.59 bits per heavy atom. The molecule has 0 unspecified atom stereocenters. The van der Waals surface area contributed by atoms with Gasteiger partial charge < -0.3 is 9.80 Å². The summed E-state index contributed by atoms with van der Waals surface area (Å²) in [4.78, 5) is 9.38. The summed E-state index contributed by atoms with van der Waals surface area (Å²) in [6.45, 7) is 4.25. The fourth-order valence-electron chi connectivity index (χ4n) is 3.41. The summed E-state index contributed by atoms with van der Waals surface area (Å²) in [5.41, 5.74) is 5.22. The second-order valence-electron chi connectivity index (χ2n) is 6.87. The SMILES string of the molecule is CN1CCN(c2ccnc(-c3cccc(-c4cccc(Cl)c4Cl)c3)c2)CC1. The third-order valence-corrected chi connectivity index (χ3v) is 5.85. The fraction of sp³-hybridized carbons (Fsp3) is 0.227. The number of hydrogen-bond acceptors (Lipinski definition) is 3. The van der Waals surface area contributed by atoms with Crippen LogP contribution in [0, 0.1) is 0 Å². The van der Waals surface area contributed by atoms with Crippen molar-refractivity contribution >= 4 is 28.9 Å². The van der Waals surface area contributed by atoms with Crippen molar-refractivity contribution in [2.45, 2.75) is 0 Å². The molecule has 4 rings (SSSR count). The van der Waals surface area contributed by atoms with Gasteiger partial charge in [0.2, 0.25) is 0 Å². The molecule has 0 saturated carbocycles. The van der Waals surface area contributed by atoms with Gasteiger partial charge in [-0.15, -0.1) is 0 Å². The van der Waals surface area contributed by atoms with Crippen LogP contribution in [0.15, 0.2) is 60.8 Å². The van der Waals surface area contributed by atoms with Gasteiger partial charge in [0.15, 0.2) is 0 Å². The molecule has 0 spiro atoms. The lowest BCUT2D eigenvalue weighted by Gasteiger charge is -2.34. The van der Waals surface area contributed by atoms with Crippen molar-refractivity contribution in [1.29, 1.82) is 0 Å². The maximum absolute atomic E-state index is 6.41. The van der Waals surface area contributed by atoms with Crippen molar-refractivity contribution in [1.82, 2.24) is 9.88 Å². The lowest BCUT2D eigenvalue weighted by atomic mass is 10.0. The number of hydrogen-bond donors (Lipinski definition) is 0. The molecule has 0 atom stereocenters. The molecule has 3 aromatic rings. The van der Waals surface area contributed by atoms with E-state index in [2.05, 4.69) is 46.1 Å². The van der Waals surface area contributed by atoms with Crippen LogP contribution in [0.5, 0.6) is 0 Å². The van der Waals surface area contributed by atoms with Crippen molar-refractivity contribution in [3.05, 3.63) is 70.8 Å². The fourth-order valence-corrected chi connectivity index (χ4v) is 3.82. The van der Waals surface area contributed by atoms with E-state index in [1.807, 2.05) is 30.5 Å². The summed E-state index contributed by atoms with van der Waals surface area (Å²) in [6, 6.07) is 18.3. The smallest absolute Gasteiger partial charge is 0.0722 e. The van der Waals surface area contributed by atoms with Crippen molar-refractivity contribution in [2.24, 2.45) is 0 Å². The monoisotopic (exact) mass is 397 g/mol. The van der Waals surface area contributed by atoms with Crippen molar-refractivity contribution in [3.63, 3.8) is 0 Å². The van der Waals surface area contributed by atoms with Crippen LogP contribution in [0.1, 0.15) is 0 Å². The summed E-state index contributed by atoms with van der Waals surface area (Å²) in [5.74, 6) is 0. The number of likely N-dealkylation sites (N-methyl/N-ethyl adjacent to an activating group) is 1. The molecule has 1 aromatic heterocycles. The second kappa shape index (κ2) is 7.89. The van der Waals surface area contributed by atoms with Crippen LogP contribution in [0.3, 0.4) is 0 Å². The quantitative estimate of drug-likeness (QED) is 0.583. The second-order valence-corrected chi connectivity index (χ2v) is 7.66. The Kier molecular flexibility index (Phi) is 5.35. The molecule has 27 heavy (non-hydrogen) atoms. The molecule has 0 aliphatic carbocycles. The van der Waals surface area contributed by atoms with E-state index in [1.165, 1.54) is 5.69 Å². The Bertz CT molecular complexity index is 950. The first-order valence-corrected chi connectivity index (χ1v) is 9.82. The molecule has 0 N–H and O–H groups in total. The third-order valence-electron chi connectivity index (χ3n) is 5.03. The molecular weight excluding hydrogens is 377 g/mol. The molecule has 2 aromatic carbocycles. The van der Waals surface area contributed by atoms with E-state index in [1.54, 1.807) is 6.07 Å². The molecule has 3 nitrogen and oxygen atoms in total. The van der Waals surface area contributed by atoms with Gasteiger partial charge in [-0.05, 0) is 36.9 Å². The van der Waals surface area contributed by atoms with Crippen molar-refractivity contribution in [2.75, 3.05) is 38.1 Å². The van der Waals surface area contributed by atoms with Gasteiger partial charge in [0.25, 0.3) is 0 Å². The van der Waals surface area contributed by atoms with E-state index in [-0.39, 0.29) is 0 Å². The number of anilines is 1. The first kappa shape index (κ1) is 18.3. The van der Waals surface area contributed by atoms with E-state index in [0.717, 1.165) is 48.6 Å². The minimum absolute atomic E-state index is 0.565. The number of benzene rings is 2. The molecule has 1 saturated heterocycles. The molecule has 5 heteroatoms. The van der Waals surface area contributed by atoms with E-state index < -0.39 is 0 Å². The Balaban J connectivity index is 1.66. The first-order valence-electron chi connectivity index (χ1n) is 9.06. The highest BCUT2D eigenvalue weighted by Gasteiger charge is 2.15. The Morgan fingerprint density at radius 3 is 2.41 bits per heavy atom. The summed E-state index contributed by atoms with van der Waals surface area (Å²) in [7, 11) is 2.17. The Hall–Kier alpha value is -2.07. The Morgan fingerprint density at radius 1 is 0.852 bits per heavy atom. The standard InChI is InChI=1S/C22H21Cl2N3/c1-26-10-12-27(13-11-26)18-8-9-25-21(15-18)17-5-2-4-16(14-17)19-6-3-7-20(23)22(19)24/h2-9,14-15H,10-13H2,1H3. The van der Waals surface area contributed by atoms with Gasteiger partial charge in [0.1, 0.15) is 0 Å². The summed E-state index contributed by atoms with van der Waals surface area (Å²) < 4.78 is 0. The van der Waals surface area contributed by atoms with Crippen LogP contribution in [0.4, 0.5) is 5.69 Å². The number of aromatic nitrogens is 1. The molecule has 1 aliphatic rings. The highest BCUT2D eigenvalue weighted by atomic mass is 35.5. The average molecular weight is 398 g/mol. The Labute approximate surface area is 170 Å². The van der Waals surface area contributed by atoms with Crippen LogP contribution in [0.2, 0.25) is 10.0 Å². The van der Waals surface area contributed by atoms with Crippen molar-refractivity contribution < 1.29 is 0 Å². The van der Waals surface area contributed by atoms with Gasteiger partial charge >= 0.3 is 0 Å². The molecular formula is C22H21Cl2N3. The predicted octanol–water partition coefficient (Wildman–Crippen LogP) is 5.47. The lowest BCUT2D eigenvalue weighted by molar-refractivity contribution is 0.313. The van der Waals surface area contributed by atoms with Crippen LogP contribution in [-0.4, -0.2) is 43.1 Å². The lowest BCUT2D eigenvalue weighted by Crippen LogP contribution is -2.44. The first-order chi connectivity index (χ1) is 13.1. The average Bonchev–Trinajstić information content (AvgIpc) is 2.71. The van der Waals surface area contributed by atoms with Gasteiger partial charge in [-0.25, -0.2) is 0 Å². The van der Waals surface area contributed by atoms with Gasteiger partial charge in [0, 0.05) is 49.2 Å². The van der Waals surface area contributed by atoms with E-state index in [9.17, 15) is 0 Å². The zero-order valence-corrected chi connectivity index (χ0v) is 16.7. The minimum atomic E-state index is 0.565. The molecule has 1 fully saturated rings. The van der Waals surface area contributed by atoms with E-state index in [0.29, 0.717) is 10.0 Å². The zero-order valence-electron chi connectivity index (χ0n) is 15.2.